The van der Waals surface area contributed by atoms with Crippen LogP contribution in [0.3, 0.4) is 0 Å². The summed E-state index contributed by atoms with van der Waals surface area (Å²) >= 11 is 3.40. The van der Waals surface area contributed by atoms with Crippen LogP contribution in [0.25, 0.3) is 6.08 Å². The van der Waals surface area contributed by atoms with Crippen LogP contribution in [0, 0.1) is 0 Å². The Balaban J connectivity index is 1.66. The summed E-state index contributed by atoms with van der Waals surface area (Å²) < 4.78 is 5.72. The Morgan fingerprint density at radius 1 is 1.36 bits per heavy atom. The average molecular weight is 374 g/mol. The molecule has 0 N–H and O–H groups in total. The molecule has 1 fully saturated rings. The van der Waals surface area contributed by atoms with Gasteiger partial charge in [-0.25, -0.2) is 0 Å². The van der Waals surface area contributed by atoms with Crippen LogP contribution < -0.4 is 0 Å². The maximum absolute atomic E-state index is 12.7. The number of thioether (sulfide) groups is 1. The molecule has 1 saturated heterocycles. The Kier molecular flexibility index (Phi) is 6.73. The highest BCUT2D eigenvalue weighted by Gasteiger charge is 2.21. The summed E-state index contributed by atoms with van der Waals surface area (Å²) in [6.07, 6.45) is 7.91. The van der Waals surface area contributed by atoms with Gasteiger partial charge in [0.2, 0.25) is 5.91 Å². The molecule has 0 radical (unpaired) electrons. The Morgan fingerprint density at radius 2 is 2.20 bits per heavy atom. The van der Waals surface area contributed by atoms with E-state index >= 15 is 0 Å². The lowest BCUT2D eigenvalue weighted by molar-refractivity contribution is -0.128. The fourth-order valence-corrected chi connectivity index (χ4v) is 3.97. The van der Waals surface area contributed by atoms with Gasteiger partial charge in [-0.2, -0.15) is 0 Å². The molecule has 5 heteroatoms. The summed E-state index contributed by atoms with van der Waals surface area (Å²) in [5, 5.41) is 2.05. The van der Waals surface area contributed by atoms with Crippen LogP contribution in [-0.2, 0) is 16.1 Å². The molecule has 1 amide bonds. The highest BCUT2D eigenvalue weighted by molar-refractivity contribution is 7.98. The Labute approximate surface area is 157 Å². The number of ether oxygens (including phenoxy) is 1. The third-order valence-corrected chi connectivity index (χ3v) is 5.83. The van der Waals surface area contributed by atoms with E-state index in [1.54, 1.807) is 29.2 Å². The van der Waals surface area contributed by atoms with Crippen molar-refractivity contribution < 1.29 is 9.53 Å². The van der Waals surface area contributed by atoms with Crippen LogP contribution in [0.4, 0.5) is 0 Å². The molecule has 0 bridgehead atoms. The molecule has 2 heterocycles. The van der Waals surface area contributed by atoms with Gasteiger partial charge in [-0.05, 0) is 54.3 Å². The highest BCUT2D eigenvalue weighted by atomic mass is 32.2. The fourth-order valence-electron chi connectivity index (χ4n) is 2.85. The summed E-state index contributed by atoms with van der Waals surface area (Å²) in [4.78, 5) is 17.1. The van der Waals surface area contributed by atoms with Gasteiger partial charge in [0.05, 0.1) is 12.6 Å². The molecule has 0 aliphatic carbocycles. The first-order valence-electron chi connectivity index (χ1n) is 8.49. The maximum atomic E-state index is 12.7. The van der Waals surface area contributed by atoms with Crippen molar-refractivity contribution in [3.63, 3.8) is 0 Å². The molecule has 1 aromatic carbocycles. The number of rotatable bonds is 7. The number of amides is 1. The number of carbonyl (C=O) groups is 1. The molecule has 1 aliphatic rings. The first-order valence-corrected chi connectivity index (χ1v) is 10.6. The smallest absolute Gasteiger partial charge is 0.246 e. The predicted molar refractivity (Wildman–Crippen MR) is 106 cm³/mol. The number of hydrogen-bond acceptors (Lipinski definition) is 4. The van der Waals surface area contributed by atoms with E-state index in [-0.39, 0.29) is 12.0 Å². The van der Waals surface area contributed by atoms with Crippen molar-refractivity contribution in [2.24, 2.45) is 0 Å². The topological polar surface area (TPSA) is 29.5 Å². The number of thiophene rings is 1. The van der Waals surface area contributed by atoms with Gasteiger partial charge in [0.25, 0.3) is 0 Å². The van der Waals surface area contributed by atoms with Gasteiger partial charge in [0, 0.05) is 29.0 Å². The lowest BCUT2D eigenvalue weighted by atomic mass is 10.2. The molecule has 132 valence electrons. The monoisotopic (exact) mass is 373 g/mol. The second-order valence-corrected chi connectivity index (χ2v) is 7.95. The number of carbonyl (C=O) groups excluding carboxylic acids is 1. The van der Waals surface area contributed by atoms with Crippen molar-refractivity contribution in [2.75, 3.05) is 19.4 Å². The second-order valence-electron chi connectivity index (χ2n) is 6.04. The van der Waals surface area contributed by atoms with Crippen LogP contribution >= 0.6 is 23.1 Å². The Morgan fingerprint density at radius 3 is 2.84 bits per heavy atom. The van der Waals surface area contributed by atoms with Crippen molar-refractivity contribution in [2.45, 2.75) is 30.4 Å². The largest absolute Gasteiger partial charge is 0.376 e. The van der Waals surface area contributed by atoms with Crippen LogP contribution in [0.15, 0.2) is 52.7 Å². The summed E-state index contributed by atoms with van der Waals surface area (Å²) in [6.45, 7) is 2.11. The van der Waals surface area contributed by atoms with E-state index < -0.39 is 0 Å². The van der Waals surface area contributed by atoms with Gasteiger partial charge >= 0.3 is 0 Å². The molecule has 3 nitrogen and oxygen atoms in total. The molecule has 3 rings (SSSR count). The Bertz CT molecular complexity index is 689. The van der Waals surface area contributed by atoms with Gasteiger partial charge < -0.3 is 9.64 Å². The van der Waals surface area contributed by atoms with Gasteiger partial charge in [-0.15, -0.1) is 23.1 Å². The van der Waals surface area contributed by atoms with Crippen molar-refractivity contribution in [1.82, 2.24) is 4.90 Å². The maximum Gasteiger partial charge on any atom is 0.246 e. The average Bonchev–Trinajstić information content (AvgIpc) is 3.33. The van der Waals surface area contributed by atoms with Gasteiger partial charge in [-0.1, -0.05) is 18.2 Å². The molecule has 1 aromatic heterocycles. The first kappa shape index (κ1) is 18.2. The minimum Gasteiger partial charge on any atom is -0.376 e. The van der Waals surface area contributed by atoms with Crippen LogP contribution in [0.1, 0.15) is 23.3 Å². The molecule has 0 saturated carbocycles. The van der Waals surface area contributed by atoms with E-state index in [0.29, 0.717) is 13.1 Å². The van der Waals surface area contributed by atoms with Gasteiger partial charge in [0.1, 0.15) is 0 Å². The molecule has 1 unspecified atom stereocenters. The summed E-state index contributed by atoms with van der Waals surface area (Å²) in [7, 11) is 0. The zero-order chi connectivity index (χ0) is 17.5. The quantitative estimate of drug-likeness (QED) is 0.521. The van der Waals surface area contributed by atoms with E-state index in [2.05, 4.69) is 24.5 Å². The minimum atomic E-state index is 0.0397. The van der Waals surface area contributed by atoms with Crippen LogP contribution in [0.5, 0.6) is 0 Å². The Hall–Kier alpha value is -1.56. The molecule has 1 atom stereocenters. The minimum absolute atomic E-state index is 0.0397. The molecule has 1 aliphatic heterocycles. The van der Waals surface area contributed by atoms with E-state index in [9.17, 15) is 4.79 Å². The third-order valence-electron chi connectivity index (χ3n) is 4.22. The van der Waals surface area contributed by atoms with Crippen LogP contribution in [0.2, 0.25) is 0 Å². The number of benzene rings is 1. The normalized spacial score (nSPS) is 17.2. The molecule has 25 heavy (non-hydrogen) atoms. The van der Waals surface area contributed by atoms with Crippen molar-refractivity contribution >= 4 is 35.1 Å². The first-order chi connectivity index (χ1) is 12.2. The third kappa shape index (κ3) is 5.46. The van der Waals surface area contributed by atoms with Gasteiger partial charge in [0.15, 0.2) is 0 Å². The molecule has 0 spiro atoms. The summed E-state index contributed by atoms with van der Waals surface area (Å²) in [5.41, 5.74) is 1.04. The summed E-state index contributed by atoms with van der Waals surface area (Å²) in [5.74, 6) is 0.0397. The van der Waals surface area contributed by atoms with Crippen molar-refractivity contribution in [3.05, 3.63) is 58.3 Å². The van der Waals surface area contributed by atoms with Gasteiger partial charge in [-0.3, -0.25) is 4.79 Å². The van der Waals surface area contributed by atoms with E-state index in [4.69, 9.17) is 4.74 Å². The predicted octanol–water partition coefficient (Wildman–Crippen LogP) is 4.69. The van der Waals surface area contributed by atoms with E-state index in [0.717, 1.165) is 25.0 Å². The molecular weight excluding hydrogens is 350 g/mol. The molecular formula is C20H23NO2S2. The zero-order valence-electron chi connectivity index (χ0n) is 14.4. The lowest BCUT2D eigenvalue weighted by Gasteiger charge is -2.23. The second kappa shape index (κ2) is 9.22. The lowest BCUT2D eigenvalue weighted by Crippen LogP contribution is -2.35. The zero-order valence-corrected chi connectivity index (χ0v) is 16.0. The van der Waals surface area contributed by atoms with Crippen molar-refractivity contribution in [3.8, 4) is 0 Å². The highest BCUT2D eigenvalue weighted by Crippen LogP contribution is 2.18. The van der Waals surface area contributed by atoms with Crippen LogP contribution in [-0.4, -0.2) is 36.3 Å². The van der Waals surface area contributed by atoms with E-state index in [1.807, 2.05) is 34.6 Å². The molecule has 2 aromatic rings. The standard InChI is InChI=1S/C20H23NO2S2/c1-24-18-9-6-16(7-10-18)8-11-20(22)21(14-17-4-2-12-23-17)15-19-5-3-13-25-19/h3,5-11,13,17H,2,4,12,14-15H2,1H3/b11-8+. The number of nitrogens with zero attached hydrogens (tertiary/aromatic N) is 1. The van der Waals surface area contributed by atoms with Crippen molar-refractivity contribution in [1.29, 1.82) is 0 Å². The fraction of sp³-hybridized carbons (Fsp3) is 0.350. The summed E-state index contributed by atoms with van der Waals surface area (Å²) in [6, 6.07) is 12.3. The SMILES string of the molecule is CSc1ccc(/C=C/C(=O)N(Cc2cccs2)CC2CCCO2)cc1. The number of hydrogen-bond donors (Lipinski definition) is 0. The van der Waals surface area contributed by atoms with E-state index in [1.165, 1.54) is 9.77 Å².